The molecule has 3 amide bonds. The highest BCUT2D eigenvalue weighted by atomic mass is 32.1. The number of aromatic nitrogens is 1. The number of thiazole rings is 1. The van der Waals surface area contributed by atoms with Gasteiger partial charge in [0.25, 0.3) is 11.8 Å². The van der Waals surface area contributed by atoms with E-state index >= 15 is 0 Å². The van der Waals surface area contributed by atoms with Crippen molar-refractivity contribution in [2.24, 2.45) is 0 Å². The van der Waals surface area contributed by atoms with Gasteiger partial charge < -0.3 is 15.1 Å². The third-order valence-electron chi connectivity index (χ3n) is 4.07. The minimum absolute atomic E-state index is 0.0494. The van der Waals surface area contributed by atoms with Crippen LogP contribution in [0.2, 0.25) is 0 Å². The number of hydrogen-bond donors (Lipinski definition) is 3. The molecule has 0 fully saturated rings. The van der Waals surface area contributed by atoms with Gasteiger partial charge in [-0.3, -0.25) is 19.7 Å². The Morgan fingerprint density at radius 1 is 1.07 bits per heavy atom. The largest absolute Gasteiger partial charge is 0.469 e. The van der Waals surface area contributed by atoms with E-state index in [2.05, 4.69) is 20.9 Å². The van der Waals surface area contributed by atoms with Gasteiger partial charge in [0.2, 0.25) is 5.91 Å². The van der Waals surface area contributed by atoms with E-state index in [1.807, 2.05) is 13.8 Å². The Kier molecular flexibility index (Phi) is 6.63. The van der Waals surface area contributed by atoms with Crippen molar-refractivity contribution in [3.8, 4) is 0 Å². The molecule has 3 rings (SSSR count). The second-order valence-electron chi connectivity index (χ2n) is 6.92. The van der Waals surface area contributed by atoms with Gasteiger partial charge in [0.05, 0.1) is 23.9 Å². The molecule has 0 aliphatic heterocycles. The molecule has 0 spiro atoms. The van der Waals surface area contributed by atoms with Crippen molar-refractivity contribution in [1.29, 1.82) is 0 Å². The lowest BCUT2D eigenvalue weighted by Gasteiger charge is -2.09. The maximum atomic E-state index is 12.3. The van der Waals surface area contributed by atoms with Crippen LogP contribution in [0.15, 0.2) is 46.4 Å². The molecule has 8 nitrogen and oxygen atoms in total. The standard InChI is InChI=1S/C21H22N4O4S/c1-12(2)22-19(27)14-4-6-15(7-5-14)23-18(26)10-16-11-30-21(24-16)25-20(28)17-8-9-29-13(17)3/h4-9,11-12H,10H2,1-3H3,(H,22,27)(H,23,26)(H,24,25,28). The maximum absolute atomic E-state index is 12.3. The summed E-state index contributed by atoms with van der Waals surface area (Å²) in [5.41, 5.74) is 2.09. The van der Waals surface area contributed by atoms with Crippen LogP contribution >= 0.6 is 11.3 Å². The van der Waals surface area contributed by atoms with Crippen molar-refractivity contribution in [3.63, 3.8) is 0 Å². The van der Waals surface area contributed by atoms with Crippen molar-refractivity contribution in [2.45, 2.75) is 33.2 Å². The van der Waals surface area contributed by atoms with Crippen LogP contribution in [0.1, 0.15) is 46.0 Å². The van der Waals surface area contributed by atoms with E-state index in [4.69, 9.17) is 4.42 Å². The number of carbonyl (C=O) groups is 3. The van der Waals surface area contributed by atoms with Gasteiger partial charge >= 0.3 is 0 Å². The molecule has 1 aromatic carbocycles. The van der Waals surface area contributed by atoms with E-state index < -0.39 is 0 Å². The van der Waals surface area contributed by atoms with Crippen molar-refractivity contribution in [3.05, 3.63) is 64.6 Å². The number of benzene rings is 1. The Balaban J connectivity index is 1.53. The van der Waals surface area contributed by atoms with Crippen molar-refractivity contribution < 1.29 is 18.8 Å². The molecule has 0 bridgehead atoms. The van der Waals surface area contributed by atoms with Gasteiger partial charge in [-0.05, 0) is 51.1 Å². The van der Waals surface area contributed by atoms with Crippen LogP contribution in [0.5, 0.6) is 0 Å². The summed E-state index contributed by atoms with van der Waals surface area (Å²) in [6.07, 6.45) is 1.51. The lowest BCUT2D eigenvalue weighted by Crippen LogP contribution is -2.30. The Morgan fingerprint density at radius 3 is 2.43 bits per heavy atom. The number of rotatable bonds is 7. The molecule has 2 aromatic heterocycles. The predicted octanol–water partition coefficient (Wildman–Crippen LogP) is 3.62. The zero-order chi connectivity index (χ0) is 21.7. The number of carbonyl (C=O) groups excluding carboxylic acids is 3. The Hall–Kier alpha value is -3.46. The molecule has 2 heterocycles. The summed E-state index contributed by atoms with van der Waals surface area (Å²) in [5.74, 6) is -0.196. The average molecular weight is 426 g/mol. The number of nitrogens with one attached hydrogen (secondary N) is 3. The van der Waals surface area contributed by atoms with Crippen molar-refractivity contribution >= 4 is 39.9 Å². The quantitative estimate of drug-likeness (QED) is 0.534. The maximum Gasteiger partial charge on any atom is 0.260 e. The van der Waals surface area contributed by atoms with E-state index in [9.17, 15) is 14.4 Å². The number of hydrogen-bond acceptors (Lipinski definition) is 6. The molecule has 156 valence electrons. The Labute approximate surface area is 177 Å². The van der Waals surface area contributed by atoms with Crippen LogP contribution in [0.3, 0.4) is 0 Å². The lowest BCUT2D eigenvalue weighted by molar-refractivity contribution is -0.115. The molecule has 3 aromatic rings. The van der Waals surface area contributed by atoms with Crippen molar-refractivity contribution in [2.75, 3.05) is 10.6 Å². The average Bonchev–Trinajstić information content (AvgIpc) is 3.30. The third-order valence-corrected chi connectivity index (χ3v) is 4.87. The molecule has 0 aliphatic rings. The summed E-state index contributed by atoms with van der Waals surface area (Å²) in [6.45, 7) is 5.48. The third kappa shape index (κ3) is 5.54. The Morgan fingerprint density at radius 2 is 1.80 bits per heavy atom. The van der Waals surface area contributed by atoms with Gasteiger partial charge in [0.1, 0.15) is 5.76 Å². The summed E-state index contributed by atoms with van der Waals surface area (Å²) in [4.78, 5) is 40.7. The number of aryl methyl sites for hydroxylation is 1. The molecule has 0 atom stereocenters. The van der Waals surface area contributed by atoms with Gasteiger partial charge in [-0.25, -0.2) is 4.98 Å². The first-order valence-electron chi connectivity index (χ1n) is 9.32. The molecular formula is C21H22N4O4S. The second kappa shape index (κ2) is 9.36. The monoisotopic (exact) mass is 426 g/mol. The SMILES string of the molecule is Cc1occc1C(=O)Nc1nc(CC(=O)Nc2ccc(C(=O)NC(C)C)cc2)cs1. The summed E-state index contributed by atoms with van der Waals surface area (Å²) in [5, 5.41) is 10.4. The van der Waals surface area contributed by atoms with Crippen LogP contribution in [-0.4, -0.2) is 28.7 Å². The fourth-order valence-corrected chi connectivity index (χ4v) is 3.36. The second-order valence-corrected chi connectivity index (χ2v) is 7.78. The fraction of sp³-hybridized carbons (Fsp3) is 0.238. The molecular weight excluding hydrogens is 404 g/mol. The zero-order valence-corrected chi connectivity index (χ0v) is 17.6. The minimum atomic E-state index is -0.312. The van der Waals surface area contributed by atoms with Crippen molar-refractivity contribution in [1.82, 2.24) is 10.3 Å². The molecule has 0 aliphatic carbocycles. The minimum Gasteiger partial charge on any atom is -0.469 e. The topological polar surface area (TPSA) is 113 Å². The van der Waals surface area contributed by atoms with E-state index in [0.29, 0.717) is 33.4 Å². The first-order chi connectivity index (χ1) is 14.3. The first-order valence-corrected chi connectivity index (χ1v) is 10.2. The van der Waals surface area contributed by atoms with Crippen LogP contribution in [0, 0.1) is 6.92 Å². The van der Waals surface area contributed by atoms with Crippen LogP contribution in [0.4, 0.5) is 10.8 Å². The number of anilines is 2. The van der Waals surface area contributed by atoms with Crippen LogP contribution < -0.4 is 16.0 Å². The van der Waals surface area contributed by atoms with Gasteiger partial charge in [0, 0.05) is 22.7 Å². The number of nitrogens with zero attached hydrogens (tertiary/aromatic N) is 1. The zero-order valence-electron chi connectivity index (χ0n) is 16.8. The van der Waals surface area contributed by atoms with Gasteiger partial charge in [-0.15, -0.1) is 11.3 Å². The van der Waals surface area contributed by atoms with E-state index in [0.717, 1.165) is 0 Å². The summed E-state index contributed by atoms with van der Waals surface area (Å²) in [7, 11) is 0. The molecule has 0 saturated heterocycles. The first kappa shape index (κ1) is 21.3. The van der Waals surface area contributed by atoms with Crippen LogP contribution in [0.25, 0.3) is 0 Å². The molecule has 9 heteroatoms. The normalized spacial score (nSPS) is 10.7. The molecule has 3 N–H and O–H groups in total. The lowest BCUT2D eigenvalue weighted by atomic mass is 10.2. The highest BCUT2D eigenvalue weighted by molar-refractivity contribution is 7.14. The number of amides is 3. The van der Waals surface area contributed by atoms with Gasteiger partial charge in [0.15, 0.2) is 5.13 Å². The predicted molar refractivity (Wildman–Crippen MR) is 115 cm³/mol. The molecule has 0 unspecified atom stereocenters. The van der Waals surface area contributed by atoms with Gasteiger partial charge in [-0.1, -0.05) is 0 Å². The summed E-state index contributed by atoms with van der Waals surface area (Å²) >= 11 is 1.24. The Bertz CT molecular complexity index is 1050. The van der Waals surface area contributed by atoms with Gasteiger partial charge in [-0.2, -0.15) is 0 Å². The van der Waals surface area contributed by atoms with E-state index in [1.165, 1.54) is 17.6 Å². The molecule has 0 radical (unpaired) electrons. The summed E-state index contributed by atoms with van der Waals surface area (Å²) in [6, 6.07) is 8.29. The molecule has 0 saturated carbocycles. The number of furan rings is 1. The van der Waals surface area contributed by atoms with E-state index in [-0.39, 0.29) is 30.2 Å². The smallest absolute Gasteiger partial charge is 0.260 e. The molecule has 30 heavy (non-hydrogen) atoms. The van der Waals surface area contributed by atoms with E-state index in [1.54, 1.807) is 42.6 Å². The fourth-order valence-electron chi connectivity index (χ4n) is 2.65. The summed E-state index contributed by atoms with van der Waals surface area (Å²) < 4.78 is 5.12. The van der Waals surface area contributed by atoms with Crippen LogP contribution in [-0.2, 0) is 11.2 Å². The highest BCUT2D eigenvalue weighted by Gasteiger charge is 2.15. The highest BCUT2D eigenvalue weighted by Crippen LogP contribution is 2.19.